The van der Waals surface area contributed by atoms with Crippen molar-refractivity contribution in [2.45, 2.75) is 39.2 Å². The Balaban J connectivity index is 1.95. The van der Waals surface area contributed by atoms with E-state index < -0.39 is 12.0 Å². The van der Waals surface area contributed by atoms with Crippen LogP contribution in [0.5, 0.6) is 5.75 Å². The van der Waals surface area contributed by atoms with Gasteiger partial charge < -0.3 is 14.4 Å². The fourth-order valence-electron chi connectivity index (χ4n) is 2.30. The number of rotatable bonds is 3. The molecule has 0 N–H and O–H groups in total. The summed E-state index contributed by atoms with van der Waals surface area (Å²) in [6, 6.07) is 2.65. The highest BCUT2D eigenvalue weighted by Gasteiger charge is 2.33. The molecule has 23 heavy (non-hydrogen) atoms. The van der Waals surface area contributed by atoms with Crippen molar-refractivity contribution in [3.63, 3.8) is 0 Å². The number of hydrogen-bond acceptors (Lipinski definition) is 5. The van der Waals surface area contributed by atoms with Gasteiger partial charge >= 0.3 is 12.3 Å². The Morgan fingerprint density at radius 1 is 1.30 bits per heavy atom. The van der Waals surface area contributed by atoms with Crippen molar-refractivity contribution in [3.05, 3.63) is 18.3 Å². The molecule has 0 aliphatic carbocycles. The molecule has 1 unspecified atom stereocenters. The molecule has 5 nitrogen and oxygen atoms in total. The Labute approximate surface area is 132 Å². The van der Waals surface area contributed by atoms with Crippen molar-refractivity contribution in [3.8, 4) is 5.75 Å². The summed E-state index contributed by atoms with van der Waals surface area (Å²) in [6.45, 7) is 6.44. The predicted molar refractivity (Wildman–Crippen MR) is 77.1 cm³/mol. The average Bonchev–Trinajstić information content (AvgIpc) is 2.85. The Morgan fingerprint density at radius 3 is 2.52 bits per heavy atom. The largest absolute Gasteiger partial charge is 0.573 e. The highest BCUT2D eigenvalue weighted by molar-refractivity contribution is 5.74. The van der Waals surface area contributed by atoms with Crippen molar-refractivity contribution in [2.75, 3.05) is 18.0 Å². The summed E-state index contributed by atoms with van der Waals surface area (Å²) in [5.74, 6) is -0.395. The van der Waals surface area contributed by atoms with Crippen LogP contribution >= 0.6 is 0 Å². The molecule has 1 saturated heterocycles. The van der Waals surface area contributed by atoms with E-state index in [2.05, 4.69) is 9.72 Å². The topological polar surface area (TPSA) is 51.7 Å². The van der Waals surface area contributed by atoms with E-state index in [1.807, 2.05) is 4.90 Å². The van der Waals surface area contributed by atoms with Crippen LogP contribution < -0.4 is 9.64 Å². The average molecular weight is 332 g/mol. The van der Waals surface area contributed by atoms with Crippen molar-refractivity contribution in [2.24, 2.45) is 5.92 Å². The molecule has 8 heteroatoms. The Morgan fingerprint density at radius 2 is 2.00 bits per heavy atom. The van der Waals surface area contributed by atoms with E-state index in [-0.39, 0.29) is 17.6 Å². The van der Waals surface area contributed by atoms with Gasteiger partial charge in [0.2, 0.25) is 0 Å². The molecule has 128 valence electrons. The molecular formula is C15H19F3N2O3. The highest BCUT2D eigenvalue weighted by Crippen LogP contribution is 2.27. The van der Waals surface area contributed by atoms with Crippen molar-refractivity contribution < 1.29 is 27.4 Å². The van der Waals surface area contributed by atoms with Crippen molar-refractivity contribution >= 4 is 11.8 Å². The van der Waals surface area contributed by atoms with E-state index in [0.717, 1.165) is 6.20 Å². The number of pyridine rings is 1. The predicted octanol–water partition coefficient (Wildman–Crippen LogP) is 3.15. The summed E-state index contributed by atoms with van der Waals surface area (Å²) in [7, 11) is 0. The Bertz CT molecular complexity index is 553. The molecule has 0 bridgehead atoms. The zero-order valence-electron chi connectivity index (χ0n) is 13.2. The van der Waals surface area contributed by atoms with Gasteiger partial charge in [-0.25, -0.2) is 4.98 Å². The molecule has 1 aromatic rings. The van der Waals surface area contributed by atoms with Gasteiger partial charge in [-0.15, -0.1) is 13.2 Å². The number of halogens is 3. The maximum atomic E-state index is 12.1. The van der Waals surface area contributed by atoms with Crippen molar-refractivity contribution in [1.82, 2.24) is 4.98 Å². The lowest BCUT2D eigenvalue weighted by molar-refractivity contribution is -0.274. The third-order valence-corrected chi connectivity index (χ3v) is 3.21. The standard InChI is InChI=1S/C15H19F3N2O3/c1-14(2,3)23-13(21)10-6-7-20(9-10)12-5-4-11(8-19-12)22-15(16,17)18/h4-5,8,10H,6-7,9H2,1-3H3. The maximum absolute atomic E-state index is 12.1. The fourth-order valence-corrected chi connectivity index (χ4v) is 2.30. The van der Waals surface area contributed by atoms with E-state index in [1.54, 1.807) is 20.8 Å². The Hall–Kier alpha value is -1.99. The first kappa shape index (κ1) is 17.4. The number of anilines is 1. The minimum absolute atomic E-state index is 0.262. The van der Waals surface area contributed by atoms with Crippen LogP contribution in [0.25, 0.3) is 0 Å². The van der Waals surface area contributed by atoms with Crippen LogP contribution in [0.15, 0.2) is 18.3 Å². The number of nitrogens with zero attached hydrogens (tertiary/aromatic N) is 2. The quantitative estimate of drug-likeness (QED) is 0.796. The van der Waals surface area contributed by atoms with Gasteiger partial charge in [0.15, 0.2) is 0 Å². The number of aromatic nitrogens is 1. The molecule has 1 aliphatic rings. The van der Waals surface area contributed by atoms with Gasteiger partial charge in [0.05, 0.1) is 12.1 Å². The molecule has 0 saturated carbocycles. The van der Waals surface area contributed by atoms with Crippen LogP contribution in [0.4, 0.5) is 19.0 Å². The van der Waals surface area contributed by atoms with Crippen LogP contribution in [0.3, 0.4) is 0 Å². The number of hydrogen-bond donors (Lipinski definition) is 0. The molecule has 2 heterocycles. The molecule has 1 atom stereocenters. The second kappa shape index (κ2) is 6.25. The first-order valence-electron chi connectivity index (χ1n) is 7.23. The summed E-state index contributed by atoms with van der Waals surface area (Å²) in [4.78, 5) is 17.8. The monoisotopic (exact) mass is 332 g/mol. The fraction of sp³-hybridized carbons (Fsp3) is 0.600. The molecule has 1 fully saturated rings. The number of esters is 1. The molecule has 0 spiro atoms. The minimum atomic E-state index is -4.74. The van der Waals surface area contributed by atoms with Crippen LogP contribution in [-0.4, -0.2) is 36.0 Å². The zero-order valence-corrected chi connectivity index (χ0v) is 13.2. The van der Waals surface area contributed by atoms with E-state index in [0.29, 0.717) is 25.3 Å². The van der Waals surface area contributed by atoms with Gasteiger partial charge in [0, 0.05) is 13.1 Å². The number of alkyl halides is 3. The maximum Gasteiger partial charge on any atom is 0.573 e. The molecule has 2 rings (SSSR count). The molecular weight excluding hydrogens is 313 g/mol. The first-order valence-corrected chi connectivity index (χ1v) is 7.23. The number of carbonyl (C=O) groups is 1. The van der Waals surface area contributed by atoms with E-state index >= 15 is 0 Å². The van der Waals surface area contributed by atoms with Gasteiger partial charge in [-0.3, -0.25) is 4.79 Å². The lowest BCUT2D eigenvalue weighted by Crippen LogP contribution is -2.30. The SMILES string of the molecule is CC(C)(C)OC(=O)C1CCN(c2ccc(OC(F)(F)F)cn2)C1. The number of carbonyl (C=O) groups excluding carboxylic acids is 1. The van der Waals surface area contributed by atoms with E-state index in [1.165, 1.54) is 12.1 Å². The molecule has 0 aromatic carbocycles. The molecule has 1 aromatic heterocycles. The van der Waals surface area contributed by atoms with Crippen LogP contribution in [-0.2, 0) is 9.53 Å². The summed E-state index contributed by atoms with van der Waals surface area (Å²) >= 11 is 0. The van der Waals surface area contributed by atoms with Gasteiger partial charge in [-0.2, -0.15) is 0 Å². The second-order valence-corrected chi connectivity index (χ2v) is 6.36. The van der Waals surface area contributed by atoms with Crippen LogP contribution in [0.1, 0.15) is 27.2 Å². The number of ether oxygens (including phenoxy) is 2. The van der Waals surface area contributed by atoms with Gasteiger partial charge in [0.1, 0.15) is 17.2 Å². The third kappa shape index (κ3) is 5.30. The smallest absolute Gasteiger partial charge is 0.460 e. The van der Waals surface area contributed by atoms with Gasteiger partial charge in [-0.05, 0) is 39.3 Å². The third-order valence-electron chi connectivity index (χ3n) is 3.21. The molecule has 0 amide bonds. The van der Waals surface area contributed by atoms with Gasteiger partial charge in [0.25, 0.3) is 0 Å². The normalized spacial score (nSPS) is 18.9. The first-order chi connectivity index (χ1) is 10.5. The van der Waals surface area contributed by atoms with Crippen LogP contribution in [0, 0.1) is 5.92 Å². The minimum Gasteiger partial charge on any atom is -0.460 e. The summed E-state index contributed by atoms with van der Waals surface area (Å²) in [5.41, 5.74) is -0.542. The summed E-state index contributed by atoms with van der Waals surface area (Å²) < 4.78 is 45.4. The highest BCUT2D eigenvalue weighted by atomic mass is 19.4. The summed E-state index contributed by atoms with van der Waals surface area (Å²) in [6.07, 6.45) is -3.10. The van der Waals surface area contributed by atoms with Crippen LogP contribution in [0.2, 0.25) is 0 Å². The zero-order chi connectivity index (χ0) is 17.3. The van der Waals surface area contributed by atoms with Gasteiger partial charge in [-0.1, -0.05) is 0 Å². The lowest BCUT2D eigenvalue weighted by Gasteiger charge is -2.22. The second-order valence-electron chi connectivity index (χ2n) is 6.36. The van der Waals surface area contributed by atoms with Crippen molar-refractivity contribution in [1.29, 1.82) is 0 Å². The van der Waals surface area contributed by atoms with E-state index in [4.69, 9.17) is 4.74 Å². The summed E-state index contributed by atoms with van der Waals surface area (Å²) in [5, 5.41) is 0. The Kier molecular flexibility index (Phi) is 4.72. The molecule has 1 aliphatic heterocycles. The molecule has 0 radical (unpaired) electrons. The van der Waals surface area contributed by atoms with E-state index in [9.17, 15) is 18.0 Å². The lowest BCUT2D eigenvalue weighted by atomic mass is 10.1.